The third kappa shape index (κ3) is 3.20. The summed E-state index contributed by atoms with van der Waals surface area (Å²) in [4.78, 5) is 27.8. The molecule has 0 aliphatic heterocycles. The Bertz CT molecular complexity index is 1300. The van der Waals surface area contributed by atoms with Gasteiger partial charge in [0.1, 0.15) is 17.4 Å². The summed E-state index contributed by atoms with van der Waals surface area (Å²) in [6.07, 6.45) is 2.62. The van der Waals surface area contributed by atoms with Crippen molar-refractivity contribution in [1.29, 1.82) is 0 Å². The number of nitrogens with zero attached hydrogens (tertiary/aromatic N) is 5. The van der Waals surface area contributed by atoms with Crippen LogP contribution in [0.3, 0.4) is 0 Å². The molecular weight excluding hydrogens is 381 g/mol. The Balaban J connectivity index is 1.76. The van der Waals surface area contributed by atoms with E-state index >= 15 is 0 Å². The lowest BCUT2D eigenvalue weighted by atomic mass is 10.2. The zero-order chi connectivity index (χ0) is 20.5. The smallest absolute Gasteiger partial charge is 0.294 e. The Labute approximate surface area is 162 Å². The molecule has 10 heteroatoms. The Morgan fingerprint density at radius 2 is 2.03 bits per heavy atom. The molecule has 2 aromatic heterocycles. The van der Waals surface area contributed by atoms with Crippen LogP contribution in [-0.4, -0.2) is 31.4 Å². The fourth-order valence-corrected chi connectivity index (χ4v) is 3.04. The average molecular weight is 395 g/mol. The summed E-state index contributed by atoms with van der Waals surface area (Å²) in [7, 11) is 1.37. The summed E-state index contributed by atoms with van der Waals surface area (Å²) in [5.41, 5.74) is 0.404. The lowest BCUT2D eigenvalue weighted by molar-refractivity contribution is -0.384. The van der Waals surface area contributed by atoms with Crippen LogP contribution in [0.5, 0.6) is 5.75 Å². The highest BCUT2D eigenvalue weighted by molar-refractivity contribution is 5.76. The van der Waals surface area contributed by atoms with E-state index in [9.17, 15) is 19.3 Å². The molecule has 0 atom stereocenters. The van der Waals surface area contributed by atoms with Crippen LogP contribution in [0.1, 0.15) is 5.56 Å². The number of nitro benzene ring substituents is 1. The van der Waals surface area contributed by atoms with E-state index < -0.39 is 16.3 Å². The normalized spacial score (nSPS) is 11.0. The predicted molar refractivity (Wildman–Crippen MR) is 102 cm³/mol. The Hall–Kier alpha value is -4.08. The lowest BCUT2D eigenvalue weighted by Gasteiger charge is -2.08. The summed E-state index contributed by atoms with van der Waals surface area (Å²) >= 11 is 0. The second-order valence-electron chi connectivity index (χ2n) is 6.19. The molecule has 0 amide bonds. The van der Waals surface area contributed by atoms with Crippen molar-refractivity contribution in [2.75, 3.05) is 7.11 Å². The van der Waals surface area contributed by atoms with Crippen LogP contribution < -0.4 is 10.3 Å². The van der Waals surface area contributed by atoms with Gasteiger partial charge in [0.05, 0.1) is 24.8 Å². The highest BCUT2D eigenvalue weighted by atomic mass is 19.1. The number of ether oxygens (including phenoxy) is 1. The summed E-state index contributed by atoms with van der Waals surface area (Å²) in [6, 6.07) is 10.5. The van der Waals surface area contributed by atoms with E-state index in [4.69, 9.17) is 4.74 Å². The molecule has 0 aliphatic carbocycles. The number of hydrogen-bond donors (Lipinski definition) is 0. The predicted octanol–water partition coefficient (Wildman–Crippen LogP) is 2.69. The Morgan fingerprint density at radius 1 is 1.24 bits per heavy atom. The van der Waals surface area contributed by atoms with Crippen molar-refractivity contribution in [2.45, 2.75) is 6.54 Å². The van der Waals surface area contributed by atoms with Crippen LogP contribution >= 0.6 is 0 Å². The van der Waals surface area contributed by atoms with E-state index in [0.717, 1.165) is 0 Å². The van der Waals surface area contributed by atoms with Gasteiger partial charge in [0.2, 0.25) is 0 Å². The van der Waals surface area contributed by atoms with Crippen molar-refractivity contribution in [2.24, 2.45) is 0 Å². The van der Waals surface area contributed by atoms with Crippen LogP contribution in [0, 0.1) is 15.9 Å². The SMILES string of the molecule is COc1ccc(Cn2cnc3c(cnn3-c3ccccc3[N+](=O)[O-])c2=O)cc1F. The zero-order valence-corrected chi connectivity index (χ0v) is 15.2. The number of rotatable bonds is 5. The minimum atomic E-state index is -0.531. The average Bonchev–Trinajstić information content (AvgIpc) is 3.15. The maximum atomic E-state index is 13.9. The zero-order valence-electron chi connectivity index (χ0n) is 15.2. The van der Waals surface area contributed by atoms with Crippen LogP contribution in [0.4, 0.5) is 10.1 Å². The topological polar surface area (TPSA) is 105 Å². The number of fused-ring (bicyclic) bond motifs is 1. The summed E-state index contributed by atoms with van der Waals surface area (Å²) < 4.78 is 21.4. The van der Waals surface area contributed by atoms with Crippen molar-refractivity contribution >= 4 is 16.7 Å². The van der Waals surface area contributed by atoms with E-state index in [1.54, 1.807) is 18.2 Å². The first-order chi connectivity index (χ1) is 14.0. The largest absolute Gasteiger partial charge is 0.494 e. The van der Waals surface area contributed by atoms with Gasteiger partial charge in [0, 0.05) is 6.07 Å². The van der Waals surface area contributed by atoms with Crippen molar-refractivity contribution in [3.8, 4) is 11.4 Å². The van der Waals surface area contributed by atoms with Crippen LogP contribution in [-0.2, 0) is 6.54 Å². The highest BCUT2D eigenvalue weighted by Gasteiger charge is 2.19. The van der Waals surface area contributed by atoms with Crippen molar-refractivity contribution in [1.82, 2.24) is 19.3 Å². The Morgan fingerprint density at radius 3 is 2.76 bits per heavy atom. The lowest BCUT2D eigenvalue weighted by Crippen LogP contribution is -2.21. The number of aromatic nitrogens is 4. The second-order valence-corrected chi connectivity index (χ2v) is 6.19. The molecule has 2 heterocycles. The van der Waals surface area contributed by atoms with Crippen LogP contribution in [0.25, 0.3) is 16.7 Å². The molecule has 0 saturated carbocycles. The maximum absolute atomic E-state index is 13.9. The van der Waals surface area contributed by atoms with Gasteiger partial charge >= 0.3 is 0 Å². The maximum Gasteiger partial charge on any atom is 0.294 e. The number of hydrogen-bond acceptors (Lipinski definition) is 6. The first kappa shape index (κ1) is 18.3. The van der Waals surface area contributed by atoms with E-state index in [2.05, 4.69) is 10.1 Å². The molecule has 29 heavy (non-hydrogen) atoms. The number of para-hydroxylation sites is 2. The van der Waals surface area contributed by atoms with Gasteiger partial charge < -0.3 is 4.74 Å². The van der Waals surface area contributed by atoms with Crippen molar-refractivity contribution < 1.29 is 14.1 Å². The quantitative estimate of drug-likeness (QED) is 0.380. The standard InChI is InChI=1S/C19H14FN5O4/c1-29-17-7-6-12(8-14(17)20)10-23-11-21-18-13(19(23)26)9-22-24(18)15-4-2-3-5-16(15)25(27)28/h2-9,11H,10H2,1H3. The van der Waals surface area contributed by atoms with Crippen molar-refractivity contribution in [3.05, 3.63) is 86.8 Å². The molecule has 0 saturated heterocycles. The van der Waals surface area contributed by atoms with Gasteiger partial charge in [-0.1, -0.05) is 18.2 Å². The monoisotopic (exact) mass is 395 g/mol. The minimum absolute atomic E-state index is 0.0966. The molecule has 0 fully saturated rings. The molecule has 9 nitrogen and oxygen atoms in total. The number of nitro groups is 1. The van der Waals surface area contributed by atoms with Crippen LogP contribution in [0.2, 0.25) is 0 Å². The molecule has 4 rings (SSSR count). The Kier molecular flexibility index (Phi) is 4.51. The highest BCUT2D eigenvalue weighted by Crippen LogP contribution is 2.24. The van der Waals surface area contributed by atoms with Gasteiger partial charge in [-0.05, 0) is 23.8 Å². The van der Waals surface area contributed by atoms with Gasteiger partial charge in [-0.3, -0.25) is 19.5 Å². The fourth-order valence-electron chi connectivity index (χ4n) is 3.04. The molecule has 146 valence electrons. The van der Waals surface area contributed by atoms with Gasteiger partial charge in [-0.25, -0.2) is 14.1 Å². The second kappa shape index (κ2) is 7.15. The van der Waals surface area contributed by atoms with E-state index in [0.29, 0.717) is 5.56 Å². The third-order valence-electron chi connectivity index (χ3n) is 4.43. The van der Waals surface area contributed by atoms with E-state index in [1.165, 1.54) is 53.1 Å². The van der Waals surface area contributed by atoms with Gasteiger partial charge in [-0.2, -0.15) is 5.10 Å². The molecule has 0 unspecified atom stereocenters. The van der Waals surface area contributed by atoms with Crippen molar-refractivity contribution in [3.63, 3.8) is 0 Å². The number of halogens is 1. The van der Waals surface area contributed by atoms with Crippen LogP contribution in [0.15, 0.2) is 59.8 Å². The molecular formula is C19H14FN5O4. The van der Waals surface area contributed by atoms with E-state index in [1.807, 2.05) is 0 Å². The molecule has 4 aromatic rings. The molecule has 2 aromatic carbocycles. The summed E-state index contributed by atoms with van der Waals surface area (Å²) in [6.45, 7) is 0.0966. The first-order valence-electron chi connectivity index (χ1n) is 8.49. The number of benzene rings is 2. The van der Waals surface area contributed by atoms with Gasteiger partial charge in [0.15, 0.2) is 17.2 Å². The van der Waals surface area contributed by atoms with E-state index in [-0.39, 0.29) is 34.7 Å². The van der Waals surface area contributed by atoms with Gasteiger partial charge in [0.25, 0.3) is 11.2 Å². The summed E-state index contributed by atoms with van der Waals surface area (Å²) in [5, 5.41) is 15.6. The molecule has 0 spiro atoms. The molecule has 0 N–H and O–H groups in total. The third-order valence-corrected chi connectivity index (χ3v) is 4.43. The minimum Gasteiger partial charge on any atom is -0.494 e. The molecule has 0 bridgehead atoms. The summed E-state index contributed by atoms with van der Waals surface area (Å²) in [5.74, 6) is -0.420. The molecule has 0 radical (unpaired) electrons. The fraction of sp³-hybridized carbons (Fsp3) is 0.105. The molecule has 0 aliphatic rings. The number of methoxy groups -OCH3 is 1. The first-order valence-corrected chi connectivity index (χ1v) is 8.49. The van der Waals surface area contributed by atoms with Gasteiger partial charge in [-0.15, -0.1) is 0 Å².